The van der Waals surface area contributed by atoms with Crippen LogP contribution in [-0.4, -0.2) is 48.8 Å². The number of nitrogens with zero attached hydrogens (tertiary/aromatic N) is 3. The Kier molecular flexibility index (Phi) is 4.88. The SMILES string of the molecule is NC(=O)CC[C@H]1CN(c2ccc(N3CC4C(C3)C4Nc3ccccn3)c(F)c2)C(=O)O1. The molecule has 1 saturated carbocycles. The van der Waals surface area contributed by atoms with Crippen LogP contribution in [0.25, 0.3) is 0 Å². The number of benzene rings is 1. The van der Waals surface area contributed by atoms with Gasteiger partial charge in [-0.05, 0) is 36.8 Å². The maximum absolute atomic E-state index is 14.9. The van der Waals surface area contributed by atoms with Crippen molar-refractivity contribution < 1.29 is 18.7 Å². The van der Waals surface area contributed by atoms with E-state index in [1.807, 2.05) is 18.2 Å². The largest absolute Gasteiger partial charge is 0.444 e. The summed E-state index contributed by atoms with van der Waals surface area (Å²) in [5.74, 6) is 1.02. The number of pyridine rings is 1. The van der Waals surface area contributed by atoms with Gasteiger partial charge >= 0.3 is 6.09 Å². The molecule has 0 radical (unpaired) electrons. The van der Waals surface area contributed by atoms with Crippen LogP contribution in [-0.2, 0) is 9.53 Å². The standard InChI is InChI=1S/C22H24FN5O3/c23-17-9-13(28-10-14(31-22(28)30)5-7-19(24)29)4-6-18(17)27-11-15-16(12-27)21(15)26-20-3-1-2-8-25-20/h1-4,6,8-9,14-16,21H,5,7,10-12H2,(H2,24,29)(H,25,26)/t14-,15?,16?,21?/m0/s1. The summed E-state index contributed by atoms with van der Waals surface area (Å²) in [4.78, 5) is 30.9. The van der Waals surface area contributed by atoms with Crippen molar-refractivity contribution in [2.24, 2.45) is 17.6 Å². The van der Waals surface area contributed by atoms with Crippen molar-refractivity contribution >= 4 is 29.2 Å². The van der Waals surface area contributed by atoms with Gasteiger partial charge in [-0.3, -0.25) is 9.69 Å². The molecule has 1 aromatic carbocycles. The monoisotopic (exact) mass is 425 g/mol. The number of amides is 2. The Morgan fingerprint density at radius 2 is 2.03 bits per heavy atom. The molecule has 162 valence electrons. The Balaban J connectivity index is 1.20. The fourth-order valence-electron chi connectivity index (χ4n) is 4.66. The molecule has 2 unspecified atom stereocenters. The van der Waals surface area contributed by atoms with Crippen LogP contribution >= 0.6 is 0 Å². The van der Waals surface area contributed by atoms with Crippen LogP contribution in [0.4, 0.5) is 26.4 Å². The van der Waals surface area contributed by atoms with Gasteiger partial charge < -0.3 is 20.7 Å². The highest BCUT2D eigenvalue weighted by molar-refractivity contribution is 5.90. The van der Waals surface area contributed by atoms with Gasteiger partial charge in [0, 0.05) is 43.6 Å². The summed E-state index contributed by atoms with van der Waals surface area (Å²) in [7, 11) is 0. The smallest absolute Gasteiger partial charge is 0.414 e. The van der Waals surface area contributed by atoms with Gasteiger partial charge in [-0.2, -0.15) is 0 Å². The molecule has 2 amide bonds. The minimum Gasteiger partial charge on any atom is -0.444 e. The average Bonchev–Trinajstić information content (AvgIpc) is 3.07. The summed E-state index contributed by atoms with van der Waals surface area (Å²) in [5.41, 5.74) is 6.15. The lowest BCUT2D eigenvalue weighted by Gasteiger charge is -2.24. The first kappa shape index (κ1) is 19.6. The van der Waals surface area contributed by atoms with Crippen LogP contribution in [0.5, 0.6) is 0 Å². The fraction of sp³-hybridized carbons (Fsp3) is 0.409. The number of nitrogens with two attached hydrogens (primary N) is 1. The third-order valence-corrected chi connectivity index (χ3v) is 6.34. The lowest BCUT2D eigenvalue weighted by atomic mass is 10.2. The zero-order chi connectivity index (χ0) is 21.5. The lowest BCUT2D eigenvalue weighted by molar-refractivity contribution is -0.118. The number of rotatable bonds is 7. The quantitative estimate of drug-likeness (QED) is 0.706. The topological polar surface area (TPSA) is 101 Å². The lowest BCUT2D eigenvalue weighted by Crippen LogP contribution is -2.29. The van der Waals surface area contributed by atoms with Gasteiger partial charge in [0.1, 0.15) is 17.7 Å². The maximum atomic E-state index is 14.9. The molecule has 3 heterocycles. The Hall–Kier alpha value is -3.36. The summed E-state index contributed by atoms with van der Waals surface area (Å²) < 4.78 is 20.2. The number of hydrogen-bond donors (Lipinski definition) is 2. The first-order valence-electron chi connectivity index (χ1n) is 10.5. The van der Waals surface area contributed by atoms with Gasteiger partial charge in [-0.25, -0.2) is 14.2 Å². The molecule has 3 aliphatic rings. The van der Waals surface area contributed by atoms with Crippen molar-refractivity contribution in [1.82, 2.24) is 4.98 Å². The highest BCUT2D eigenvalue weighted by Crippen LogP contribution is 2.48. The zero-order valence-corrected chi connectivity index (χ0v) is 16.9. The van der Waals surface area contributed by atoms with Gasteiger partial charge in [0.15, 0.2) is 0 Å². The molecule has 3 fully saturated rings. The van der Waals surface area contributed by atoms with Crippen molar-refractivity contribution in [3.63, 3.8) is 0 Å². The van der Waals surface area contributed by atoms with Crippen molar-refractivity contribution in [1.29, 1.82) is 0 Å². The Labute approximate surface area is 179 Å². The molecular weight excluding hydrogens is 401 g/mol. The molecule has 1 aliphatic carbocycles. The first-order valence-corrected chi connectivity index (χ1v) is 10.5. The molecule has 2 aliphatic heterocycles. The van der Waals surface area contributed by atoms with E-state index in [1.165, 1.54) is 11.0 Å². The minimum atomic E-state index is -0.535. The van der Waals surface area contributed by atoms with Gasteiger partial charge in [0.25, 0.3) is 0 Å². The molecule has 9 heteroatoms. The minimum absolute atomic E-state index is 0.145. The number of carbonyl (C=O) groups is 2. The molecule has 0 spiro atoms. The number of ether oxygens (including phenoxy) is 1. The van der Waals surface area contributed by atoms with Crippen LogP contribution in [0.1, 0.15) is 12.8 Å². The second kappa shape index (κ2) is 7.72. The number of hydrogen-bond acceptors (Lipinski definition) is 6. The molecule has 3 N–H and O–H groups in total. The summed E-state index contributed by atoms with van der Waals surface area (Å²) in [5, 5.41) is 3.46. The van der Waals surface area contributed by atoms with Crippen LogP contribution in [0, 0.1) is 17.7 Å². The van der Waals surface area contributed by atoms with Crippen LogP contribution < -0.4 is 20.9 Å². The van der Waals surface area contributed by atoms with Crippen molar-refractivity contribution in [2.45, 2.75) is 25.0 Å². The normalized spacial score (nSPS) is 26.5. The Morgan fingerprint density at radius 3 is 2.71 bits per heavy atom. The number of aromatic nitrogens is 1. The zero-order valence-electron chi connectivity index (χ0n) is 16.9. The summed E-state index contributed by atoms with van der Waals surface area (Å²) in [6, 6.07) is 11.0. The van der Waals surface area contributed by atoms with Gasteiger partial charge in [0.05, 0.1) is 17.9 Å². The highest BCUT2D eigenvalue weighted by Gasteiger charge is 2.56. The maximum Gasteiger partial charge on any atom is 0.414 e. The number of fused-ring (bicyclic) bond motifs is 1. The van der Waals surface area contributed by atoms with E-state index >= 15 is 0 Å². The van der Waals surface area contributed by atoms with E-state index < -0.39 is 18.1 Å². The van der Waals surface area contributed by atoms with Crippen molar-refractivity contribution in [2.75, 3.05) is 34.8 Å². The number of halogens is 1. The number of primary amides is 1. The van der Waals surface area contributed by atoms with Crippen LogP contribution in [0.3, 0.4) is 0 Å². The molecule has 2 aromatic rings. The molecule has 1 aromatic heterocycles. The molecule has 8 nitrogen and oxygen atoms in total. The predicted octanol–water partition coefficient (Wildman–Crippen LogP) is 2.36. The van der Waals surface area contributed by atoms with Crippen molar-refractivity contribution in [3.05, 3.63) is 48.4 Å². The first-order chi connectivity index (χ1) is 15.0. The molecule has 0 bridgehead atoms. The van der Waals surface area contributed by atoms with Gasteiger partial charge in [0.2, 0.25) is 5.91 Å². The molecule has 31 heavy (non-hydrogen) atoms. The van der Waals surface area contributed by atoms with Gasteiger partial charge in [-0.1, -0.05) is 6.07 Å². The third-order valence-electron chi connectivity index (χ3n) is 6.34. The number of cyclic esters (lactones) is 1. The summed E-state index contributed by atoms with van der Waals surface area (Å²) in [6.07, 6.45) is 1.32. The molecule has 5 rings (SSSR count). The molecule has 3 atom stereocenters. The Morgan fingerprint density at radius 1 is 1.23 bits per heavy atom. The van der Waals surface area contributed by atoms with Gasteiger partial charge in [-0.15, -0.1) is 0 Å². The summed E-state index contributed by atoms with van der Waals surface area (Å²) >= 11 is 0. The van der Waals surface area contributed by atoms with Crippen LogP contribution in [0.2, 0.25) is 0 Å². The summed E-state index contributed by atoms with van der Waals surface area (Å²) in [6.45, 7) is 1.85. The van der Waals surface area contributed by atoms with Crippen molar-refractivity contribution in [3.8, 4) is 0 Å². The second-order valence-electron chi connectivity index (χ2n) is 8.37. The van der Waals surface area contributed by atoms with E-state index in [1.54, 1.807) is 18.3 Å². The number of anilines is 3. The third kappa shape index (κ3) is 3.87. The van der Waals surface area contributed by atoms with E-state index in [4.69, 9.17) is 10.5 Å². The van der Waals surface area contributed by atoms with E-state index in [-0.39, 0.29) is 18.8 Å². The fourth-order valence-corrected chi connectivity index (χ4v) is 4.66. The Bertz CT molecular complexity index is 992. The highest BCUT2D eigenvalue weighted by atomic mass is 19.1. The molecular formula is C22H24FN5O3. The molecule has 2 saturated heterocycles. The van der Waals surface area contributed by atoms with E-state index in [2.05, 4.69) is 15.2 Å². The van der Waals surface area contributed by atoms with E-state index in [0.29, 0.717) is 35.7 Å². The number of piperidine rings is 1. The predicted molar refractivity (Wildman–Crippen MR) is 113 cm³/mol. The van der Waals surface area contributed by atoms with E-state index in [0.717, 1.165) is 18.9 Å². The average molecular weight is 425 g/mol. The second-order valence-corrected chi connectivity index (χ2v) is 8.37. The van der Waals surface area contributed by atoms with E-state index in [9.17, 15) is 14.0 Å². The number of nitrogens with one attached hydrogen (secondary N) is 1. The van der Waals surface area contributed by atoms with Crippen LogP contribution in [0.15, 0.2) is 42.6 Å². The number of carbonyl (C=O) groups excluding carboxylic acids is 2.